The highest BCUT2D eigenvalue weighted by molar-refractivity contribution is 6.04. The number of carbonyl (C=O) groups is 2. The minimum Gasteiger partial charge on any atom is -0.324 e. The van der Waals surface area contributed by atoms with Gasteiger partial charge in [0.1, 0.15) is 5.82 Å². The van der Waals surface area contributed by atoms with E-state index < -0.39 is 0 Å². The van der Waals surface area contributed by atoms with Crippen molar-refractivity contribution in [1.29, 1.82) is 0 Å². The maximum Gasteiger partial charge on any atom is 0.258 e. The van der Waals surface area contributed by atoms with Crippen molar-refractivity contribution in [3.8, 4) is 0 Å². The molecule has 1 heterocycles. The van der Waals surface area contributed by atoms with E-state index in [4.69, 9.17) is 0 Å². The molecule has 130 valence electrons. The molecule has 0 aliphatic carbocycles. The molecule has 0 aliphatic heterocycles. The topological polar surface area (TPSA) is 84.0 Å². The number of ketones is 1. The normalized spacial score (nSPS) is 10.2. The highest BCUT2D eigenvalue weighted by Crippen LogP contribution is 2.14. The molecule has 26 heavy (non-hydrogen) atoms. The van der Waals surface area contributed by atoms with E-state index in [-0.39, 0.29) is 23.1 Å². The molecule has 0 saturated heterocycles. The largest absolute Gasteiger partial charge is 0.324 e. The lowest BCUT2D eigenvalue weighted by Crippen LogP contribution is -2.13. The summed E-state index contributed by atoms with van der Waals surface area (Å²) < 4.78 is 12.9. The number of hydrogen-bond donors (Lipinski definition) is 2. The quantitative estimate of drug-likeness (QED) is 0.684. The fourth-order valence-corrected chi connectivity index (χ4v) is 2.16. The van der Waals surface area contributed by atoms with E-state index in [9.17, 15) is 14.0 Å². The number of nitrogens with one attached hydrogen (secondary N) is 2. The average Bonchev–Trinajstić information content (AvgIpc) is 2.64. The van der Waals surface area contributed by atoms with Crippen LogP contribution in [-0.4, -0.2) is 21.7 Å². The summed E-state index contributed by atoms with van der Waals surface area (Å²) in [5.41, 5.74) is 2.05. The summed E-state index contributed by atoms with van der Waals surface area (Å²) in [6.45, 7) is 1.48. The minimum absolute atomic E-state index is 0.0412. The zero-order valence-corrected chi connectivity index (χ0v) is 13.9. The molecule has 0 spiro atoms. The Morgan fingerprint density at radius 3 is 2.00 bits per heavy atom. The number of rotatable bonds is 5. The lowest BCUT2D eigenvalue weighted by Gasteiger charge is -2.07. The van der Waals surface area contributed by atoms with Crippen LogP contribution in [0.2, 0.25) is 0 Å². The van der Waals surface area contributed by atoms with Crippen LogP contribution in [0.15, 0.2) is 60.9 Å². The molecular weight excluding hydrogens is 335 g/mol. The van der Waals surface area contributed by atoms with Gasteiger partial charge in [0.05, 0.1) is 5.56 Å². The SMILES string of the molecule is CC(=O)c1ccc(NC(=O)c2cnc(Nc3ccc(F)cc3)nc2)cc1. The van der Waals surface area contributed by atoms with Gasteiger partial charge < -0.3 is 10.6 Å². The van der Waals surface area contributed by atoms with Crippen LogP contribution in [0.1, 0.15) is 27.6 Å². The second-order valence-corrected chi connectivity index (χ2v) is 5.51. The maximum absolute atomic E-state index is 12.9. The van der Waals surface area contributed by atoms with Gasteiger partial charge >= 0.3 is 0 Å². The maximum atomic E-state index is 12.9. The van der Waals surface area contributed by atoms with Crippen molar-refractivity contribution < 1.29 is 14.0 Å². The van der Waals surface area contributed by atoms with Gasteiger partial charge in [0, 0.05) is 29.3 Å². The summed E-state index contributed by atoms with van der Waals surface area (Å²) >= 11 is 0. The highest BCUT2D eigenvalue weighted by atomic mass is 19.1. The minimum atomic E-state index is -0.367. The molecule has 1 aromatic heterocycles. The van der Waals surface area contributed by atoms with E-state index in [1.54, 1.807) is 36.4 Å². The summed E-state index contributed by atoms with van der Waals surface area (Å²) in [4.78, 5) is 31.6. The number of halogens is 1. The van der Waals surface area contributed by atoms with Crippen LogP contribution in [0.3, 0.4) is 0 Å². The predicted octanol–water partition coefficient (Wildman–Crippen LogP) is 3.81. The van der Waals surface area contributed by atoms with E-state index in [1.807, 2.05) is 0 Å². The van der Waals surface area contributed by atoms with E-state index in [0.717, 1.165) is 0 Å². The van der Waals surface area contributed by atoms with Crippen molar-refractivity contribution in [2.75, 3.05) is 10.6 Å². The van der Waals surface area contributed by atoms with Crippen LogP contribution in [0, 0.1) is 5.82 Å². The highest BCUT2D eigenvalue weighted by Gasteiger charge is 2.08. The van der Waals surface area contributed by atoms with Gasteiger partial charge in [0.25, 0.3) is 5.91 Å². The van der Waals surface area contributed by atoms with Gasteiger partial charge in [-0.15, -0.1) is 0 Å². The predicted molar refractivity (Wildman–Crippen MR) is 96.1 cm³/mol. The van der Waals surface area contributed by atoms with Gasteiger partial charge in [-0.2, -0.15) is 0 Å². The number of hydrogen-bond acceptors (Lipinski definition) is 5. The second kappa shape index (κ2) is 7.52. The molecule has 0 saturated carbocycles. The van der Waals surface area contributed by atoms with Gasteiger partial charge in [-0.3, -0.25) is 9.59 Å². The summed E-state index contributed by atoms with van der Waals surface area (Å²) in [6, 6.07) is 12.4. The van der Waals surface area contributed by atoms with Crippen LogP contribution in [-0.2, 0) is 0 Å². The molecule has 0 radical (unpaired) electrons. The van der Waals surface area contributed by atoms with E-state index in [2.05, 4.69) is 20.6 Å². The van der Waals surface area contributed by atoms with E-state index in [0.29, 0.717) is 22.9 Å². The molecular formula is C19H15FN4O2. The first-order valence-corrected chi connectivity index (χ1v) is 7.78. The van der Waals surface area contributed by atoms with Crippen LogP contribution in [0.25, 0.3) is 0 Å². The molecule has 0 atom stereocenters. The third-order valence-corrected chi connectivity index (χ3v) is 3.56. The fourth-order valence-electron chi connectivity index (χ4n) is 2.16. The van der Waals surface area contributed by atoms with Crippen LogP contribution < -0.4 is 10.6 Å². The zero-order chi connectivity index (χ0) is 18.5. The molecule has 1 amide bonds. The molecule has 0 aliphatic rings. The van der Waals surface area contributed by atoms with E-state index in [1.165, 1.54) is 31.5 Å². The third kappa shape index (κ3) is 4.27. The molecule has 3 aromatic rings. The Morgan fingerprint density at radius 1 is 0.846 bits per heavy atom. The number of carbonyl (C=O) groups excluding carboxylic acids is 2. The average molecular weight is 350 g/mol. The van der Waals surface area contributed by atoms with Crippen molar-refractivity contribution in [2.45, 2.75) is 6.92 Å². The molecule has 2 aromatic carbocycles. The molecule has 2 N–H and O–H groups in total. The Kier molecular flexibility index (Phi) is 4.98. The summed E-state index contributed by atoms with van der Waals surface area (Å²) in [6.07, 6.45) is 2.77. The fraction of sp³-hybridized carbons (Fsp3) is 0.0526. The first kappa shape index (κ1) is 17.2. The van der Waals surface area contributed by atoms with Gasteiger partial charge in [-0.05, 0) is 55.5 Å². The third-order valence-electron chi connectivity index (χ3n) is 3.56. The summed E-state index contributed by atoms with van der Waals surface area (Å²) in [7, 11) is 0. The number of amides is 1. The van der Waals surface area contributed by atoms with Crippen LogP contribution in [0.5, 0.6) is 0 Å². The Morgan fingerprint density at radius 2 is 1.42 bits per heavy atom. The van der Waals surface area contributed by atoms with Crippen LogP contribution in [0.4, 0.5) is 21.7 Å². The van der Waals surface area contributed by atoms with Gasteiger partial charge in [0.15, 0.2) is 5.78 Å². The Hall–Kier alpha value is -3.61. The van der Waals surface area contributed by atoms with Gasteiger partial charge in [-0.1, -0.05) is 0 Å². The van der Waals surface area contributed by atoms with Crippen molar-refractivity contribution >= 4 is 29.0 Å². The van der Waals surface area contributed by atoms with E-state index >= 15 is 0 Å². The Bertz CT molecular complexity index is 923. The zero-order valence-electron chi connectivity index (χ0n) is 13.9. The van der Waals surface area contributed by atoms with Crippen molar-refractivity contribution in [3.05, 3.63) is 77.9 Å². The second-order valence-electron chi connectivity index (χ2n) is 5.51. The molecule has 6 nitrogen and oxygen atoms in total. The molecule has 0 bridgehead atoms. The summed E-state index contributed by atoms with van der Waals surface area (Å²) in [5.74, 6) is -0.451. The van der Waals surface area contributed by atoms with Gasteiger partial charge in [0.2, 0.25) is 5.95 Å². The number of aromatic nitrogens is 2. The monoisotopic (exact) mass is 350 g/mol. The lowest BCUT2D eigenvalue weighted by atomic mass is 10.1. The number of Topliss-reactive ketones (excluding diaryl/α,β-unsaturated/α-hetero) is 1. The van der Waals surface area contributed by atoms with Crippen molar-refractivity contribution in [3.63, 3.8) is 0 Å². The standard InChI is InChI=1S/C19H15FN4O2/c1-12(25)13-2-6-16(7-3-13)23-18(26)14-10-21-19(22-11-14)24-17-8-4-15(20)5-9-17/h2-11H,1H3,(H,23,26)(H,21,22,24). The first-order chi connectivity index (χ1) is 12.5. The lowest BCUT2D eigenvalue weighted by molar-refractivity contribution is 0.101. The number of benzene rings is 2. The number of anilines is 3. The summed E-state index contributed by atoms with van der Waals surface area (Å²) in [5, 5.41) is 5.62. The molecule has 3 rings (SSSR count). The molecule has 7 heteroatoms. The molecule has 0 unspecified atom stereocenters. The van der Waals surface area contributed by atoms with Gasteiger partial charge in [-0.25, -0.2) is 14.4 Å². The Labute approximate surface area is 149 Å². The van der Waals surface area contributed by atoms with Crippen LogP contribution >= 0.6 is 0 Å². The smallest absolute Gasteiger partial charge is 0.258 e. The number of nitrogens with zero attached hydrogens (tertiary/aromatic N) is 2. The molecule has 0 fully saturated rings. The Balaban J connectivity index is 1.64. The van der Waals surface area contributed by atoms with Crippen molar-refractivity contribution in [1.82, 2.24) is 9.97 Å². The first-order valence-electron chi connectivity index (χ1n) is 7.78. The van der Waals surface area contributed by atoms with Crippen molar-refractivity contribution in [2.24, 2.45) is 0 Å².